The highest BCUT2D eigenvalue weighted by Crippen LogP contribution is 2.24. The number of nitrogens with one attached hydrogen (secondary N) is 1. The average molecular weight is 276 g/mol. The first-order valence-corrected chi connectivity index (χ1v) is 7.55. The van der Waals surface area contributed by atoms with E-state index in [1.54, 1.807) is 11.3 Å². The molecule has 1 heterocycles. The van der Waals surface area contributed by atoms with E-state index in [2.05, 4.69) is 24.5 Å². The zero-order valence-corrected chi connectivity index (χ0v) is 12.2. The molecule has 4 heteroatoms. The molecule has 1 atom stereocenters. The van der Waals surface area contributed by atoms with Crippen LogP contribution in [0.4, 0.5) is 0 Å². The SMILES string of the molecule is CCCCOCCCNC(C)c1csc(Cl)c1. The Morgan fingerprint density at radius 1 is 1.41 bits per heavy atom. The van der Waals surface area contributed by atoms with Gasteiger partial charge in [-0.3, -0.25) is 0 Å². The summed E-state index contributed by atoms with van der Waals surface area (Å²) >= 11 is 7.49. The van der Waals surface area contributed by atoms with Crippen molar-refractivity contribution >= 4 is 22.9 Å². The van der Waals surface area contributed by atoms with Crippen molar-refractivity contribution in [3.63, 3.8) is 0 Å². The van der Waals surface area contributed by atoms with Gasteiger partial charge in [-0.2, -0.15) is 0 Å². The lowest BCUT2D eigenvalue weighted by Gasteiger charge is -2.12. The van der Waals surface area contributed by atoms with Gasteiger partial charge in [0.2, 0.25) is 0 Å². The predicted octanol–water partition coefficient (Wildman–Crippen LogP) is 4.26. The highest BCUT2D eigenvalue weighted by Gasteiger charge is 2.06. The van der Waals surface area contributed by atoms with Crippen LogP contribution in [-0.4, -0.2) is 19.8 Å². The van der Waals surface area contributed by atoms with Gasteiger partial charge >= 0.3 is 0 Å². The normalized spacial score (nSPS) is 12.9. The van der Waals surface area contributed by atoms with Gasteiger partial charge < -0.3 is 10.1 Å². The van der Waals surface area contributed by atoms with E-state index < -0.39 is 0 Å². The fraction of sp³-hybridized carbons (Fsp3) is 0.692. The summed E-state index contributed by atoms with van der Waals surface area (Å²) in [6.45, 7) is 7.08. The third kappa shape index (κ3) is 6.41. The molecule has 0 saturated heterocycles. The molecule has 0 aliphatic rings. The minimum Gasteiger partial charge on any atom is -0.381 e. The van der Waals surface area contributed by atoms with Gasteiger partial charge in [-0.25, -0.2) is 0 Å². The molecular formula is C13H22ClNOS. The average Bonchev–Trinajstić information content (AvgIpc) is 2.74. The number of unbranched alkanes of at least 4 members (excludes halogenated alkanes) is 1. The maximum atomic E-state index is 5.91. The van der Waals surface area contributed by atoms with Crippen LogP contribution < -0.4 is 5.32 Å². The van der Waals surface area contributed by atoms with E-state index in [1.807, 2.05) is 6.07 Å². The minimum absolute atomic E-state index is 0.370. The second kappa shape index (κ2) is 8.92. The molecule has 0 fully saturated rings. The Balaban J connectivity index is 2.03. The summed E-state index contributed by atoms with van der Waals surface area (Å²) in [6.07, 6.45) is 3.43. The summed E-state index contributed by atoms with van der Waals surface area (Å²) in [5, 5.41) is 5.58. The van der Waals surface area contributed by atoms with Crippen LogP contribution in [-0.2, 0) is 4.74 Å². The van der Waals surface area contributed by atoms with Crippen LogP contribution in [0, 0.1) is 0 Å². The Hall–Kier alpha value is -0.0900. The Kier molecular flexibility index (Phi) is 7.86. The number of thiophene rings is 1. The first kappa shape index (κ1) is 15.0. The Morgan fingerprint density at radius 2 is 2.18 bits per heavy atom. The van der Waals surface area contributed by atoms with E-state index in [-0.39, 0.29) is 0 Å². The summed E-state index contributed by atoms with van der Waals surface area (Å²) < 4.78 is 6.36. The Labute approximate surface area is 113 Å². The van der Waals surface area contributed by atoms with Crippen LogP contribution in [0.5, 0.6) is 0 Å². The van der Waals surface area contributed by atoms with Crippen molar-refractivity contribution in [1.82, 2.24) is 5.32 Å². The summed E-state index contributed by atoms with van der Waals surface area (Å²) in [6, 6.07) is 2.40. The first-order chi connectivity index (χ1) is 8.24. The summed E-state index contributed by atoms with van der Waals surface area (Å²) in [7, 11) is 0. The molecule has 0 aliphatic carbocycles. The Morgan fingerprint density at radius 3 is 2.82 bits per heavy atom. The highest BCUT2D eigenvalue weighted by atomic mass is 35.5. The quantitative estimate of drug-likeness (QED) is 0.680. The van der Waals surface area contributed by atoms with Crippen molar-refractivity contribution in [3.8, 4) is 0 Å². The minimum atomic E-state index is 0.370. The van der Waals surface area contributed by atoms with Crippen LogP contribution in [0.15, 0.2) is 11.4 Å². The van der Waals surface area contributed by atoms with Crippen LogP contribution in [0.25, 0.3) is 0 Å². The summed E-state index contributed by atoms with van der Waals surface area (Å²) in [4.78, 5) is 0. The number of ether oxygens (including phenoxy) is 1. The van der Waals surface area contributed by atoms with Gasteiger partial charge in [0.05, 0.1) is 4.34 Å². The van der Waals surface area contributed by atoms with E-state index in [9.17, 15) is 0 Å². The van der Waals surface area contributed by atoms with Crippen LogP contribution >= 0.6 is 22.9 Å². The second-order valence-corrected chi connectivity index (χ2v) is 5.72. The summed E-state index contributed by atoms with van der Waals surface area (Å²) in [5.41, 5.74) is 1.27. The fourth-order valence-electron chi connectivity index (χ4n) is 1.51. The molecule has 0 amide bonds. The predicted molar refractivity (Wildman–Crippen MR) is 76.1 cm³/mol. The van der Waals surface area contributed by atoms with Crippen molar-refractivity contribution in [2.24, 2.45) is 0 Å². The lowest BCUT2D eigenvalue weighted by Crippen LogP contribution is -2.20. The van der Waals surface area contributed by atoms with E-state index >= 15 is 0 Å². The maximum absolute atomic E-state index is 5.91. The molecular weight excluding hydrogens is 254 g/mol. The zero-order chi connectivity index (χ0) is 12.5. The van der Waals surface area contributed by atoms with Crippen molar-refractivity contribution in [2.75, 3.05) is 19.8 Å². The van der Waals surface area contributed by atoms with Gasteiger partial charge in [0.25, 0.3) is 0 Å². The smallest absolute Gasteiger partial charge is 0.0931 e. The topological polar surface area (TPSA) is 21.3 Å². The molecule has 0 spiro atoms. The zero-order valence-electron chi connectivity index (χ0n) is 10.7. The molecule has 1 N–H and O–H groups in total. The van der Waals surface area contributed by atoms with E-state index in [0.717, 1.165) is 36.9 Å². The second-order valence-electron chi connectivity index (χ2n) is 4.18. The third-order valence-corrected chi connectivity index (χ3v) is 3.76. The number of rotatable bonds is 9. The van der Waals surface area contributed by atoms with Gasteiger partial charge in [0, 0.05) is 19.3 Å². The molecule has 1 rings (SSSR count). The van der Waals surface area contributed by atoms with E-state index in [0.29, 0.717) is 6.04 Å². The van der Waals surface area contributed by atoms with Crippen LogP contribution in [0.1, 0.15) is 44.7 Å². The van der Waals surface area contributed by atoms with Crippen molar-refractivity contribution in [1.29, 1.82) is 0 Å². The lowest BCUT2D eigenvalue weighted by molar-refractivity contribution is 0.128. The van der Waals surface area contributed by atoms with Crippen molar-refractivity contribution < 1.29 is 4.74 Å². The molecule has 0 bridgehead atoms. The maximum Gasteiger partial charge on any atom is 0.0931 e. The molecule has 1 aromatic rings. The van der Waals surface area contributed by atoms with Gasteiger partial charge in [-0.15, -0.1) is 11.3 Å². The van der Waals surface area contributed by atoms with Crippen LogP contribution in [0.2, 0.25) is 4.34 Å². The monoisotopic (exact) mass is 275 g/mol. The standard InChI is InChI=1S/C13H22ClNOS/c1-3-4-7-16-8-5-6-15-11(2)12-9-13(14)17-10-12/h9-11,15H,3-8H2,1-2H3. The molecule has 0 saturated carbocycles. The molecule has 0 radical (unpaired) electrons. The van der Waals surface area contributed by atoms with Crippen LogP contribution in [0.3, 0.4) is 0 Å². The highest BCUT2D eigenvalue weighted by molar-refractivity contribution is 7.14. The van der Waals surface area contributed by atoms with Crippen molar-refractivity contribution in [3.05, 3.63) is 21.3 Å². The number of hydrogen-bond acceptors (Lipinski definition) is 3. The molecule has 2 nitrogen and oxygen atoms in total. The van der Waals surface area contributed by atoms with Gasteiger partial charge in [-0.1, -0.05) is 24.9 Å². The molecule has 1 unspecified atom stereocenters. The van der Waals surface area contributed by atoms with Crippen molar-refractivity contribution in [2.45, 2.75) is 39.2 Å². The van der Waals surface area contributed by atoms with E-state index in [4.69, 9.17) is 16.3 Å². The van der Waals surface area contributed by atoms with Gasteiger partial charge in [-0.05, 0) is 43.3 Å². The first-order valence-electron chi connectivity index (χ1n) is 6.29. The Bertz CT molecular complexity index is 303. The fourth-order valence-corrected chi connectivity index (χ4v) is 2.49. The molecule has 0 aliphatic heterocycles. The lowest BCUT2D eigenvalue weighted by atomic mass is 10.2. The molecule has 98 valence electrons. The largest absolute Gasteiger partial charge is 0.381 e. The third-order valence-electron chi connectivity index (χ3n) is 2.65. The molecule has 17 heavy (non-hydrogen) atoms. The number of halogens is 1. The molecule has 1 aromatic heterocycles. The number of hydrogen-bond donors (Lipinski definition) is 1. The van der Waals surface area contributed by atoms with Gasteiger partial charge in [0.1, 0.15) is 0 Å². The summed E-state index contributed by atoms with van der Waals surface area (Å²) in [5.74, 6) is 0. The molecule has 0 aromatic carbocycles. The van der Waals surface area contributed by atoms with E-state index in [1.165, 1.54) is 12.0 Å². The van der Waals surface area contributed by atoms with Gasteiger partial charge in [0.15, 0.2) is 0 Å².